The number of aromatic nitrogens is 1. The highest BCUT2D eigenvalue weighted by molar-refractivity contribution is 7.91. The maximum absolute atomic E-state index is 13.2. The number of sulfonamides is 1. The molecule has 0 aliphatic rings. The van der Waals surface area contributed by atoms with Crippen LogP contribution in [0.2, 0.25) is 0 Å². The molecule has 0 bridgehead atoms. The molecule has 0 saturated heterocycles. The van der Waals surface area contributed by atoms with Crippen LogP contribution in [0.1, 0.15) is 31.5 Å². The number of carbonyl (C=O) groups is 2. The Labute approximate surface area is 210 Å². The van der Waals surface area contributed by atoms with Crippen LogP contribution in [0.5, 0.6) is 0 Å². The van der Waals surface area contributed by atoms with E-state index < -0.39 is 28.0 Å². The number of aliphatic imine (C=N–C) groups is 1. The van der Waals surface area contributed by atoms with Gasteiger partial charge in [-0.2, -0.15) is 0 Å². The molecule has 36 heavy (non-hydrogen) atoms. The standard InChI is InChI=1S/C24H32N6O5S/c1-17(2)13-20-10-11-21(29-36(34,35)16-18-7-4-3-5-8-18)23(33)30(20)14-22(32)28-19(15-31)9-6-12-27-24(25)26/h3-5,7-11,15,17,29H,6,12-14,16H2,1-2H3,(H,28,32)(H4,25,26,27)/b19-9+. The summed E-state index contributed by atoms with van der Waals surface area (Å²) in [6.07, 6.45) is 2.72. The summed E-state index contributed by atoms with van der Waals surface area (Å²) in [4.78, 5) is 41.0. The van der Waals surface area contributed by atoms with Gasteiger partial charge in [-0.3, -0.25) is 24.1 Å². The summed E-state index contributed by atoms with van der Waals surface area (Å²) in [5.41, 5.74) is 10.8. The third kappa shape index (κ3) is 9.37. The van der Waals surface area contributed by atoms with Gasteiger partial charge in [0.15, 0.2) is 12.2 Å². The first-order valence-electron chi connectivity index (χ1n) is 11.3. The summed E-state index contributed by atoms with van der Waals surface area (Å²) < 4.78 is 28.9. The number of anilines is 1. The number of allylic oxidation sites excluding steroid dienone is 1. The molecule has 0 fully saturated rings. The predicted molar refractivity (Wildman–Crippen MR) is 140 cm³/mol. The SMILES string of the molecule is CC(C)Cc1ccc(NS(=O)(=O)Cc2ccccc2)c(=O)n1CC(=O)N/C(C=O)=C/CCN=C(N)N. The van der Waals surface area contributed by atoms with Crippen LogP contribution in [-0.4, -0.2) is 37.7 Å². The number of nitrogens with two attached hydrogens (primary N) is 2. The number of hydrogen-bond donors (Lipinski definition) is 4. The number of aldehydes is 1. The maximum atomic E-state index is 13.2. The first kappa shape index (κ1) is 28.3. The Morgan fingerprint density at radius 3 is 2.44 bits per heavy atom. The van der Waals surface area contributed by atoms with Gasteiger partial charge in [0, 0.05) is 12.2 Å². The highest BCUT2D eigenvalue weighted by Crippen LogP contribution is 2.13. The number of rotatable bonds is 13. The van der Waals surface area contributed by atoms with Gasteiger partial charge >= 0.3 is 0 Å². The van der Waals surface area contributed by atoms with Gasteiger partial charge in [-0.1, -0.05) is 50.3 Å². The zero-order valence-electron chi connectivity index (χ0n) is 20.3. The highest BCUT2D eigenvalue weighted by Gasteiger charge is 2.18. The van der Waals surface area contributed by atoms with E-state index in [0.717, 1.165) is 0 Å². The molecule has 194 valence electrons. The maximum Gasteiger partial charge on any atom is 0.275 e. The van der Waals surface area contributed by atoms with Crippen LogP contribution in [-0.2, 0) is 38.3 Å². The van der Waals surface area contributed by atoms with Crippen molar-refractivity contribution in [2.24, 2.45) is 22.4 Å². The second-order valence-electron chi connectivity index (χ2n) is 8.50. The lowest BCUT2D eigenvalue weighted by Gasteiger charge is -2.17. The lowest BCUT2D eigenvalue weighted by Crippen LogP contribution is -2.35. The van der Waals surface area contributed by atoms with Crippen molar-refractivity contribution in [1.82, 2.24) is 9.88 Å². The van der Waals surface area contributed by atoms with Crippen LogP contribution in [0.25, 0.3) is 0 Å². The number of hydrogen-bond acceptors (Lipinski definition) is 6. The van der Waals surface area contributed by atoms with E-state index in [9.17, 15) is 22.8 Å². The molecule has 2 aromatic rings. The number of benzene rings is 1. The number of pyridine rings is 1. The number of nitrogens with zero attached hydrogens (tertiary/aromatic N) is 2. The molecule has 0 spiro atoms. The Kier molecular flexibility index (Phi) is 10.4. The Hall–Kier alpha value is -3.93. The van der Waals surface area contributed by atoms with Crippen molar-refractivity contribution in [1.29, 1.82) is 0 Å². The van der Waals surface area contributed by atoms with Crippen LogP contribution in [0.3, 0.4) is 0 Å². The van der Waals surface area contributed by atoms with Crippen molar-refractivity contribution in [2.45, 2.75) is 39.0 Å². The summed E-state index contributed by atoms with van der Waals surface area (Å²) in [5, 5.41) is 2.46. The minimum atomic E-state index is -3.88. The second kappa shape index (κ2) is 13.2. The average Bonchev–Trinajstić information content (AvgIpc) is 2.80. The van der Waals surface area contributed by atoms with E-state index in [-0.39, 0.29) is 35.6 Å². The third-order valence-corrected chi connectivity index (χ3v) is 6.09. The van der Waals surface area contributed by atoms with Gasteiger partial charge in [0.2, 0.25) is 15.9 Å². The Morgan fingerprint density at radius 2 is 1.83 bits per heavy atom. The minimum Gasteiger partial charge on any atom is -0.370 e. The normalized spacial score (nSPS) is 11.7. The fourth-order valence-electron chi connectivity index (χ4n) is 3.35. The molecule has 1 aromatic carbocycles. The van der Waals surface area contributed by atoms with Crippen molar-refractivity contribution in [3.05, 3.63) is 75.8 Å². The first-order chi connectivity index (χ1) is 17.0. The van der Waals surface area contributed by atoms with Crippen LogP contribution < -0.4 is 27.1 Å². The molecule has 1 amide bonds. The van der Waals surface area contributed by atoms with E-state index in [0.29, 0.717) is 30.4 Å². The van der Waals surface area contributed by atoms with Gasteiger partial charge in [-0.25, -0.2) is 8.42 Å². The van der Waals surface area contributed by atoms with Gasteiger partial charge in [0.05, 0.1) is 11.4 Å². The van der Waals surface area contributed by atoms with Gasteiger partial charge in [0.25, 0.3) is 5.56 Å². The van der Waals surface area contributed by atoms with E-state index in [4.69, 9.17) is 11.5 Å². The summed E-state index contributed by atoms with van der Waals surface area (Å²) >= 11 is 0. The number of carbonyl (C=O) groups excluding carboxylic acids is 2. The summed E-state index contributed by atoms with van der Waals surface area (Å²) in [6.45, 7) is 3.73. The van der Waals surface area contributed by atoms with Crippen LogP contribution in [0.4, 0.5) is 5.69 Å². The van der Waals surface area contributed by atoms with E-state index in [1.54, 1.807) is 36.4 Å². The van der Waals surface area contributed by atoms with Crippen LogP contribution in [0, 0.1) is 5.92 Å². The molecule has 11 nitrogen and oxygen atoms in total. The zero-order valence-corrected chi connectivity index (χ0v) is 21.1. The van der Waals surface area contributed by atoms with Crippen molar-refractivity contribution >= 4 is 33.9 Å². The summed E-state index contributed by atoms with van der Waals surface area (Å²) in [7, 11) is -3.88. The molecule has 1 aromatic heterocycles. The Morgan fingerprint density at radius 1 is 1.14 bits per heavy atom. The molecular weight excluding hydrogens is 484 g/mol. The smallest absolute Gasteiger partial charge is 0.275 e. The quantitative estimate of drug-likeness (QED) is 0.100. The largest absolute Gasteiger partial charge is 0.370 e. The molecule has 6 N–H and O–H groups in total. The van der Waals surface area contributed by atoms with Gasteiger partial charge in [-0.15, -0.1) is 0 Å². The van der Waals surface area contributed by atoms with E-state index in [1.807, 2.05) is 13.8 Å². The molecule has 0 saturated carbocycles. The van der Waals surface area contributed by atoms with E-state index >= 15 is 0 Å². The molecule has 2 rings (SSSR count). The molecule has 0 aliphatic carbocycles. The van der Waals surface area contributed by atoms with Crippen molar-refractivity contribution < 1.29 is 18.0 Å². The number of amides is 1. The summed E-state index contributed by atoms with van der Waals surface area (Å²) in [5.74, 6) is -0.849. The molecule has 12 heteroatoms. The van der Waals surface area contributed by atoms with Crippen molar-refractivity contribution in [2.75, 3.05) is 11.3 Å². The molecular formula is C24H32N6O5S. The monoisotopic (exact) mass is 516 g/mol. The topological polar surface area (TPSA) is 179 Å². The van der Waals surface area contributed by atoms with E-state index in [1.165, 1.54) is 16.7 Å². The Bertz CT molecular complexity index is 1280. The highest BCUT2D eigenvalue weighted by atomic mass is 32.2. The second-order valence-corrected chi connectivity index (χ2v) is 10.2. The molecule has 0 radical (unpaired) electrons. The Balaban J connectivity index is 2.26. The van der Waals surface area contributed by atoms with E-state index in [2.05, 4.69) is 15.0 Å². The predicted octanol–water partition coefficient (Wildman–Crippen LogP) is 0.851. The fourth-order valence-corrected chi connectivity index (χ4v) is 4.54. The van der Waals surface area contributed by atoms with Crippen molar-refractivity contribution in [3.63, 3.8) is 0 Å². The van der Waals surface area contributed by atoms with Gasteiger partial charge in [-0.05, 0) is 36.5 Å². The molecule has 0 unspecified atom stereocenters. The minimum absolute atomic E-state index is 0.00368. The number of nitrogens with one attached hydrogen (secondary N) is 2. The van der Waals surface area contributed by atoms with Crippen molar-refractivity contribution in [3.8, 4) is 0 Å². The zero-order chi connectivity index (χ0) is 26.7. The van der Waals surface area contributed by atoms with Crippen LogP contribution in [0.15, 0.2) is 64.0 Å². The average molecular weight is 517 g/mol. The fraction of sp³-hybridized carbons (Fsp3) is 0.333. The molecule has 0 atom stereocenters. The van der Waals surface area contributed by atoms with Gasteiger partial charge < -0.3 is 21.4 Å². The number of guanidine groups is 1. The first-order valence-corrected chi connectivity index (χ1v) is 12.9. The van der Waals surface area contributed by atoms with Crippen LogP contribution >= 0.6 is 0 Å². The third-order valence-electron chi connectivity index (χ3n) is 4.85. The van der Waals surface area contributed by atoms with Gasteiger partial charge in [0.1, 0.15) is 12.2 Å². The summed E-state index contributed by atoms with van der Waals surface area (Å²) in [6, 6.07) is 11.6. The lowest BCUT2D eigenvalue weighted by atomic mass is 10.1. The lowest BCUT2D eigenvalue weighted by molar-refractivity contribution is -0.122. The molecule has 1 heterocycles. The molecule has 0 aliphatic heterocycles.